The highest BCUT2D eigenvalue weighted by Crippen LogP contribution is 2.33. The van der Waals surface area contributed by atoms with Crippen molar-refractivity contribution in [3.05, 3.63) is 54.1 Å². The second-order valence-corrected chi connectivity index (χ2v) is 5.91. The molecule has 1 N–H and O–H groups in total. The fourth-order valence-electron chi connectivity index (χ4n) is 3.06. The molecule has 4 nitrogen and oxygen atoms in total. The van der Waals surface area contributed by atoms with E-state index in [1.807, 2.05) is 29.1 Å². The molecule has 3 rings (SSSR count). The van der Waals surface area contributed by atoms with Gasteiger partial charge in [0.05, 0.1) is 12.0 Å². The number of aromatic nitrogens is 1. The van der Waals surface area contributed by atoms with Crippen molar-refractivity contribution >= 4 is 11.6 Å². The fraction of sp³-hybridized carbons (Fsp3) is 0.353. The lowest BCUT2D eigenvalue weighted by molar-refractivity contribution is -0.119. The van der Waals surface area contributed by atoms with Gasteiger partial charge in [-0.3, -0.25) is 4.79 Å². The number of nitrogens with one attached hydrogen (secondary N) is 1. The van der Waals surface area contributed by atoms with E-state index in [0.29, 0.717) is 26.1 Å². The summed E-state index contributed by atoms with van der Waals surface area (Å²) in [6.45, 7) is 1.07. The molecule has 2 aromatic rings. The lowest BCUT2D eigenvalue weighted by Crippen LogP contribution is -2.42. The molecule has 0 aliphatic carbocycles. The smallest absolute Gasteiger partial charge is 0.226 e. The van der Waals surface area contributed by atoms with Crippen molar-refractivity contribution in [1.29, 1.82) is 0 Å². The zero-order valence-electron chi connectivity index (χ0n) is 12.9. The van der Waals surface area contributed by atoms with E-state index in [9.17, 15) is 18.0 Å². The van der Waals surface area contributed by atoms with Crippen LogP contribution in [-0.2, 0) is 15.1 Å². The summed E-state index contributed by atoms with van der Waals surface area (Å²) >= 11 is 0. The van der Waals surface area contributed by atoms with E-state index in [4.69, 9.17) is 4.74 Å². The highest BCUT2D eigenvalue weighted by molar-refractivity contribution is 5.91. The number of rotatable bonds is 4. The minimum absolute atomic E-state index is 0.105. The number of amides is 1. The number of halogens is 3. The Morgan fingerprint density at radius 1 is 1.12 bits per heavy atom. The van der Waals surface area contributed by atoms with Crippen molar-refractivity contribution in [1.82, 2.24) is 4.57 Å². The summed E-state index contributed by atoms with van der Waals surface area (Å²) in [5.74, 6) is -4.62. The van der Waals surface area contributed by atoms with Crippen LogP contribution in [0, 0.1) is 17.5 Å². The monoisotopic (exact) mass is 338 g/mol. The van der Waals surface area contributed by atoms with Crippen LogP contribution in [0.2, 0.25) is 0 Å². The molecule has 24 heavy (non-hydrogen) atoms. The van der Waals surface area contributed by atoms with Crippen molar-refractivity contribution in [3.8, 4) is 0 Å². The van der Waals surface area contributed by atoms with Gasteiger partial charge in [-0.1, -0.05) is 0 Å². The molecule has 1 aliphatic rings. The van der Waals surface area contributed by atoms with Crippen molar-refractivity contribution in [2.24, 2.45) is 0 Å². The Kier molecular flexibility index (Phi) is 4.62. The van der Waals surface area contributed by atoms with Gasteiger partial charge in [0.25, 0.3) is 0 Å². The van der Waals surface area contributed by atoms with Crippen LogP contribution in [0.1, 0.15) is 19.3 Å². The number of benzene rings is 1. The van der Waals surface area contributed by atoms with Gasteiger partial charge in [-0.2, -0.15) is 0 Å². The maximum Gasteiger partial charge on any atom is 0.226 e. The van der Waals surface area contributed by atoms with Gasteiger partial charge in [0.15, 0.2) is 17.5 Å². The van der Waals surface area contributed by atoms with Crippen LogP contribution >= 0.6 is 0 Å². The maximum absolute atomic E-state index is 13.3. The molecule has 0 saturated carbocycles. The number of anilines is 1. The maximum atomic E-state index is 13.3. The van der Waals surface area contributed by atoms with Crippen LogP contribution in [0.4, 0.5) is 18.9 Å². The lowest BCUT2D eigenvalue weighted by Gasteiger charge is -2.38. The summed E-state index contributed by atoms with van der Waals surface area (Å²) in [6, 6.07) is 5.28. The number of carbonyl (C=O) groups is 1. The molecule has 128 valence electrons. The van der Waals surface area contributed by atoms with Gasteiger partial charge in [0, 0.05) is 43.4 Å². The Hall–Kier alpha value is -2.28. The van der Waals surface area contributed by atoms with Crippen LogP contribution in [0.3, 0.4) is 0 Å². The van der Waals surface area contributed by atoms with Crippen LogP contribution in [-0.4, -0.2) is 23.7 Å². The first-order valence-corrected chi connectivity index (χ1v) is 7.66. The predicted octanol–water partition coefficient (Wildman–Crippen LogP) is 3.44. The summed E-state index contributed by atoms with van der Waals surface area (Å²) in [4.78, 5) is 12.4. The van der Waals surface area contributed by atoms with E-state index < -0.39 is 28.9 Å². The van der Waals surface area contributed by atoms with Gasteiger partial charge in [-0.05, 0) is 25.0 Å². The molecule has 0 spiro atoms. The third-order valence-electron chi connectivity index (χ3n) is 4.33. The van der Waals surface area contributed by atoms with Gasteiger partial charge in [0.1, 0.15) is 0 Å². The molecule has 7 heteroatoms. The first-order valence-electron chi connectivity index (χ1n) is 7.66. The molecular formula is C17H17F3N2O2. The van der Waals surface area contributed by atoms with E-state index in [-0.39, 0.29) is 12.1 Å². The molecule has 1 saturated heterocycles. The lowest BCUT2D eigenvalue weighted by atomic mass is 9.86. The summed E-state index contributed by atoms with van der Waals surface area (Å²) in [7, 11) is 0. The molecule has 1 aliphatic heterocycles. The second-order valence-electron chi connectivity index (χ2n) is 5.91. The topological polar surface area (TPSA) is 43.3 Å². The number of nitrogens with zero attached hydrogens (tertiary/aromatic N) is 1. The number of hydrogen-bond donors (Lipinski definition) is 1. The van der Waals surface area contributed by atoms with E-state index in [1.54, 1.807) is 0 Å². The second kappa shape index (κ2) is 6.68. The SMILES string of the molecule is O=C(CC1(n2cccc2)CCOCC1)Nc1cc(F)c(F)c(F)c1. The fourth-order valence-corrected chi connectivity index (χ4v) is 3.06. The highest BCUT2D eigenvalue weighted by Gasteiger charge is 2.36. The zero-order chi connectivity index (χ0) is 17.2. The number of hydrogen-bond acceptors (Lipinski definition) is 2. The Balaban J connectivity index is 1.77. The minimum atomic E-state index is -1.55. The van der Waals surface area contributed by atoms with Gasteiger partial charge in [-0.15, -0.1) is 0 Å². The zero-order valence-corrected chi connectivity index (χ0v) is 12.9. The van der Waals surface area contributed by atoms with Crippen LogP contribution in [0.25, 0.3) is 0 Å². The average molecular weight is 338 g/mol. The average Bonchev–Trinajstić information content (AvgIpc) is 3.08. The summed E-state index contributed by atoms with van der Waals surface area (Å²) in [5.41, 5.74) is -0.547. The molecule has 2 heterocycles. The van der Waals surface area contributed by atoms with E-state index in [0.717, 1.165) is 12.1 Å². The quantitative estimate of drug-likeness (QED) is 0.868. The first-order chi connectivity index (χ1) is 11.5. The van der Waals surface area contributed by atoms with Crippen molar-refractivity contribution < 1.29 is 22.7 Å². The van der Waals surface area contributed by atoms with Gasteiger partial charge in [-0.25, -0.2) is 13.2 Å². The molecule has 1 fully saturated rings. The normalized spacial score (nSPS) is 16.8. The van der Waals surface area contributed by atoms with Crippen molar-refractivity contribution in [3.63, 3.8) is 0 Å². The first kappa shape index (κ1) is 16.6. The molecular weight excluding hydrogens is 321 g/mol. The molecule has 1 aromatic heterocycles. The molecule has 1 amide bonds. The Labute approximate surface area is 137 Å². The van der Waals surface area contributed by atoms with E-state index >= 15 is 0 Å². The molecule has 0 radical (unpaired) electrons. The Morgan fingerprint density at radius 3 is 2.29 bits per heavy atom. The third kappa shape index (κ3) is 3.31. The molecule has 1 aromatic carbocycles. The molecule has 0 bridgehead atoms. The summed E-state index contributed by atoms with van der Waals surface area (Å²) < 4.78 is 46.9. The van der Waals surface area contributed by atoms with Crippen LogP contribution in [0.5, 0.6) is 0 Å². The van der Waals surface area contributed by atoms with Crippen molar-refractivity contribution in [2.45, 2.75) is 24.8 Å². The Bertz CT molecular complexity index is 702. The van der Waals surface area contributed by atoms with Crippen molar-refractivity contribution in [2.75, 3.05) is 18.5 Å². The van der Waals surface area contributed by atoms with E-state index in [2.05, 4.69) is 5.32 Å². The standard InChI is InChI=1S/C17H17F3N2O2/c18-13-9-12(10-14(19)16(13)20)21-15(23)11-17(3-7-24-8-4-17)22-5-1-2-6-22/h1-2,5-6,9-10H,3-4,7-8,11H2,(H,21,23). The molecule has 0 unspecified atom stereocenters. The van der Waals surface area contributed by atoms with Gasteiger partial charge < -0.3 is 14.6 Å². The van der Waals surface area contributed by atoms with E-state index in [1.165, 1.54) is 0 Å². The summed E-state index contributed by atoms with van der Waals surface area (Å²) in [6.07, 6.45) is 5.21. The summed E-state index contributed by atoms with van der Waals surface area (Å²) in [5, 5.41) is 2.45. The minimum Gasteiger partial charge on any atom is -0.381 e. The largest absolute Gasteiger partial charge is 0.381 e. The Morgan fingerprint density at radius 2 is 1.71 bits per heavy atom. The van der Waals surface area contributed by atoms with Crippen LogP contribution in [0.15, 0.2) is 36.7 Å². The molecule has 0 atom stereocenters. The highest BCUT2D eigenvalue weighted by atomic mass is 19.2. The third-order valence-corrected chi connectivity index (χ3v) is 4.33. The number of carbonyl (C=O) groups excluding carboxylic acids is 1. The van der Waals surface area contributed by atoms with Gasteiger partial charge in [0.2, 0.25) is 5.91 Å². The number of ether oxygens (including phenoxy) is 1. The predicted molar refractivity (Wildman–Crippen MR) is 82.0 cm³/mol. The van der Waals surface area contributed by atoms with Crippen LogP contribution < -0.4 is 5.32 Å². The van der Waals surface area contributed by atoms with Gasteiger partial charge >= 0.3 is 0 Å².